The van der Waals surface area contributed by atoms with Crippen LogP contribution in [0.25, 0.3) is 0 Å². The van der Waals surface area contributed by atoms with Gasteiger partial charge in [0.2, 0.25) is 0 Å². The molecule has 0 N–H and O–H groups in total. The van der Waals surface area contributed by atoms with Gasteiger partial charge in [0.15, 0.2) is 0 Å². The number of fused-ring (bicyclic) bond motifs is 4. The summed E-state index contributed by atoms with van der Waals surface area (Å²) in [6.07, 6.45) is 7.98. The van der Waals surface area contributed by atoms with Crippen molar-refractivity contribution in [1.29, 1.82) is 0 Å². The van der Waals surface area contributed by atoms with Crippen LogP contribution in [0.15, 0.2) is 72.8 Å². The Labute approximate surface area is 167 Å². The molecule has 0 aromatic heterocycles. The van der Waals surface area contributed by atoms with Crippen LogP contribution in [0.2, 0.25) is 0 Å². The molecule has 1 heterocycles. The summed E-state index contributed by atoms with van der Waals surface area (Å²) in [5, 5.41) is 0. The highest BCUT2D eigenvalue weighted by Crippen LogP contribution is 2.10. The van der Waals surface area contributed by atoms with Crippen LogP contribution in [-0.4, -0.2) is 26.4 Å². The van der Waals surface area contributed by atoms with Crippen LogP contribution in [0.3, 0.4) is 0 Å². The minimum absolute atomic E-state index is 0.571. The Kier molecular flexibility index (Phi) is 8.98. The fraction of sp³-hybridized carbons (Fsp3) is 0.333. The van der Waals surface area contributed by atoms with E-state index >= 15 is 0 Å². The van der Waals surface area contributed by atoms with Crippen LogP contribution in [0.4, 0.5) is 0 Å². The van der Waals surface area contributed by atoms with Gasteiger partial charge in [-0.3, -0.25) is 0 Å². The second-order valence-electron chi connectivity index (χ2n) is 6.64. The van der Waals surface area contributed by atoms with E-state index in [0.717, 1.165) is 22.3 Å². The van der Waals surface area contributed by atoms with Crippen molar-refractivity contribution < 1.29 is 18.9 Å². The maximum atomic E-state index is 5.71. The summed E-state index contributed by atoms with van der Waals surface area (Å²) in [6.45, 7) is 4.63. The van der Waals surface area contributed by atoms with Crippen molar-refractivity contribution in [3.05, 3.63) is 95.1 Å². The molecule has 4 nitrogen and oxygen atoms in total. The van der Waals surface area contributed by atoms with Gasteiger partial charge in [-0.2, -0.15) is 0 Å². The lowest BCUT2D eigenvalue weighted by molar-refractivity contribution is 0.136. The largest absolute Gasteiger partial charge is 0.373 e. The molecule has 1 aliphatic rings. The molecule has 4 heteroatoms. The molecular weight excluding hydrogens is 352 g/mol. The Morgan fingerprint density at radius 1 is 0.429 bits per heavy atom. The van der Waals surface area contributed by atoms with E-state index in [4.69, 9.17) is 18.9 Å². The first-order valence-corrected chi connectivity index (χ1v) is 9.67. The number of hydrogen-bond acceptors (Lipinski definition) is 4. The standard InChI is InChI=1S/C24H28O4/c1-2-12-26-18-22-8-6-10-24(16-22)20-28-14-4-3-13-27-19-23-9-5-7-21(15-23)17-25-11-1/h1-10,15-16H,11-14,17-20H2/b2-1-,4-3-. The summed E-state index contributed by atoms with van der Waals surface area (Å²) < 4.78 is 22.8. The zero-order valence-electron chi connectivity index (χ0n) is 16.2. The SMILES string of the molecule is C1=C\COCc2cccc(c2)COC/C=C\COCc2cccc(c2)COC/1. The zero-order valence-corrected chi connectivity index (χ0v) is 16.2. The quantitative estimate of drug-likeness (QED) is 0.627. The summed E-state index contributed by atoms with van der Waals surface area (Å²) in [7, 11) is 0. The van der Waals surface area contributed by atoms with Gasteiger partial charge >= 0.3 is 0 Å². The van der Waals surface area contributed by atoms with Crippen LogP contribution in [-0.2, 0) is 45.4 Å². The highest BCUT2D eigenvalue weighted by atomic mass is 16.5. The van der Waals surface area contributed by atoms with Gasteiger partial charge < -0.3 is 18.9 Å². The van der Waals surface area contributed by atoms with Crippen LogP contribution in [0.1, 0.15) is 22.3 Å². The maximum Gasteiger partial charge on any atom is 0.0721 e. The molecular formula is C24H28O4. The second kappa shape index (κ2) is 12.3. The summed E-state index contributed by atoms with van der Waals surface area (Å²) in [4.78, 5) is 0. The minimum atomic E-state index is 0.571. The number of benzene rings is 2. The van der Waals surface area contributed by atoms with Gasteiger partial charge in [0, 0.05) is 0 Å². The van der Waals surface area contributed by atoms with Gasteiger partial charge in [0.1, 0.15) is 0 Å². The molecule has 0 amide bonds. The monoisotopic (exact) mass is 380 g/mol. The Morgan fingerprint density at radius 2 is 0.714 bits per heavy atom. The van der Waals surface area contributed by atoms with Crippen molar-refractivity contribution in [2.45, 2.75) is 26.4 Å². The van der Waals surface area contributed by atoms with E-state index in [-0.39, 0.29) is 0 Å². The van der Waals surface area contributed by atoms with Gasteiger partial charge in [-0.1, -0.05) is 72.8 Å². The molecule has 0 fully saturated rings. The van der Waals surface area contributed by atoms with Gasteiger partial charge in [0.25, 0.3) is 0 Å². The third kappa shape index (κ3) is 7.79. The van der Waals surface area contributed by atoms with E-state index in [1.54, 1.807) is 0 Å². The lowest BCUT2D eigenvalue weighted by atomic mass is 10.1. The molecule has 148 valence electrons. The first-order valence-electron chi connectivity index (χ1n) is 9.67. The topological polar surface area (TPSA) is 36.9 Å². The predicted octanol–water partition coefficient (Wildman–Crippen LogP) is 4.58. The third-order valence-corrected chi connectivity index (χ3v) is 4.25. The Bertz CT molecular complexity index is 647. The normalized spacial score (nSPS) is 19.7. The van der Waals surface area contributed by atoms with Gasteiger partial charge in [-0.05, 0) is 22.3 Å². The van der Waals surface area contributed by atoms with Crippen LogP contribution < -0.4 is 0 Å². The average Bonchev–Trinajstić information content (AvgIpc) is 2.72. The molecule has 2 aromatic carbocycles. The minimum Gasteiger partial charge on any atom is -0.373 e. The van der Waals surface area contributed by atoms with Crippen molar-refractivity contribution in [3.63, 3.8) is 0 Å². The van der Waals surface area contributed by atoms with Crippen molar-refractivity contribution in [1.82, 2.24) is 0 Å². The van der Waals surface area contributed by atoms with E-state index in [0.29, 0.717) is 52.9 Å². The van der Waals surface area contributed by atoms with E-state index in [1.165, 1.54) is 0 Å². The molecule has 4 bridgehead atoms. The van der Waals surface area contributed by atoms with Crippen LogP contribution in [0, 0.1) is 0 Å². The van der Waals surface area contributed by atoms with Crippen molar-refractivity contribution in [2.75, 3.05) is 26.4 Å². The lowest BCUT2D eigenvalue weighted by Crippen LogP contribution is -1.99. The fourth-order valence-electron chi connectivity index (χ4n) is 2.87. The van der Waals surface area contributed by atoms with Crippen LogP contribution >= 0.6 is 0 Å². The van der Waals surface area contributed by atoms with Gasteiger partial charge in [-0.15, -0.1) is 0 Å². The third-order valence-electron chi connectivity index (χ3n) is 4.25. The highest BCUT2D eigenvalue weighted by Gasteiger charge is 1.98. The second-order valence-corrected chi connectivity index (χ2v) is 6.64. The molecule has 0 spiro atoms. The van der Waals surface area contributed by atoms with Crippen LogP contribution in [0.5, 0.6) is 0 Å². The number of rotatable bonds is 0. The predicted molar refractivity (Wildman–Crippen MR) is 110 cm³/mol. The van der Waals surface area contributed by atoms with Crippen molar-refractivity contribution >= 4 is 0 Å². The molecule has 0 atom stereocenters. The summed E-state index contributed by atoms with van der Waals surface area (Å²) in [5.74, 6) is 0. The van der Waals surface area contributed by atoms with E-state index in [9.17, 15) is 0 Å². The molecule has 3 rings (SSSR count). The average molecular weight is 380 g/mol. The smallest absolute Gasteiger partial charge is 0.0721 e. The zero-order chi connectivity index (χ0) is 19.3. The van der Waals surface area contributed by atoms with E-state index in [1.807, 2.05) is 36.4 Å². The Hall–Kier alpha value is -2.24. The van der Waals surface area contributed by atoms with Gasteiger partial charge in [-0.25, -0.2) is 0 Å². The molecule has 0 saturated heterocycles. The molecule has 0 aliphatic carbocycles. The first kappa shape index (κ1) is 20.5. The molecule has 0 saturated carbocycles. The molecule has 2 aromatic rings. The fourth-order valence-corrected chi connectivity index (χ4v) is 2.87. The van der Waals surface area contributed by atoms with Crippen molar-refractivity contribution in [3.8, 4) is 0 Å². The molecule has 0 radical (unpaired) electrons. The Morgan fingerprint density at radius 3 is 1.00 bits per heavy atom. The number of ether oxygens (including phenoxy) is 4. The maximum absolute atomic E-state index is 5.71. The van der Waals surface area contributed by atoms with Gasteiger partial charge in [0.05, 0.1) is 52.9 Å². The molecule has 0 unspecified atom stereocenters. The highest BCUT2D eigenvalue weighted by molar-refractivity contribution is 5.23. The molecule has 28 heavy (non-hydrogen) atoms. The lowest BCUT2D eigenvalue weighted by Gasteiger charge is -2.07. The van der Waals surface area contributed by atoms with Crippen molar-refractivity contribution in [2.24, 2.45) is 0 Å². The molecule has 1 aliphatic heterocycles. The number of hydrogen-bond donors (Lipinski definition) is 0. The Balaban J connectivity index is 1.56. The summed E-state index contributed by atoms with van der Waals surface area (Å²) in [5.41, 5.74) is 4.60. The van der Waals surface area contributed by atoms with E-state index < -0.39 is 0 Å². The summed E-state index contributed by atoms with van der Waals surface area (Å²) in [6, 6.07) is 16.6. The summed E-state index contributed by atoms with van der Waals surface area (Å²) >= 11 is 0. The van der Waals surface area contributed by atoms with E-state index in [2.05, 4.69) is 36.4 Å². The first-order chi connectivity index (χ1) is 13.9.